The van der Waals surface area contributed by atoms with E-state index in [1.54, 1.807) is 45.0 Å². The van der Waals surface area contributed by atoms with Crippen LogP contribution in [0.15, 0.2) is 45.4 Å². The number of benzene rings is 1. The van der Waals surface area contributed by atoms with Gasteiger partial charge in [-0.15, -0.1) is 5.73 Å². The van der Waals surface area contributed by atoms with Gasteiger partial charge in [-0.3, -0.25) is 0 Å². The van der Waals surface area contributed by atoms with Crippen molar-refractivity contribution in [1.29, 1.82) is 0 Å². The number of aliphatic hydroxyl groups is 1. The van der Waals surface area contributed by atoms with Crippen molar-refractivity contribution in [2.24, 2.45) is 0 Å². The molecule has 0 heterocycles. The van der Waals surface area contributed by atoms with E-state index in [1.807, 2.05) is 6.92 Å². The Hall–Kier alpha value is -1.35. The lowest BCUT2D eigenvalue weighted by atomic mass is 10.0. The van der Waals surface area contributed by atoms with Gasteiger partial charge in [0.2, 0.25) is 9.84 Å². The van der Waals surface area contributed by atoms with Gasteiger partial charge in [0, 0.05) is 0 Å². The number of rotatable bonds is 4. The topological polar surface area (TPSA) is 54.4 Å². The fourth-order valence-electron chi connectivity index (χ4n) is 1.71. The van der Waals surface area contributed by atoms with Gasteiger partial charge in [0.25, 0.3) is 0 Å². The molecule has 0 aliphatic carbocycles. The molecule has 0 bridgehead atoms. The standard InChI is InChI=1S/C16H22O3S/c1-6-16(5,17)15(11-12(2)3)20(18,19)14-9-7-13(4)8-10-14/h7-10,17H,6H2,1-5H3. The summed E-state index contributed by atoms with van der Waals surface area (Å²) in [6.07, 6.45) is 0.299. The smallest absolute Gasteiger partial charge is 0.212 e. The zero-order valence-corrected chi connectivity index (χ0v) is 13.5. The van der Waals surface area contributed by atoms with Gasteiger partial charge in [-0.05, 0) is 51.8 Å². The summed E-state index contributed by atoms with van der Waals surface area (Å²) in [5, 5.41) is 10.4. The fourth-order valence-corrected chi connectivity index (χ4v) is 3.51. The van der Waals surface area contributed by atoms with Crippen molar-refractivity contribution in [3.63, 3.8) is 0 Å². The van der Waals surface area contributed by atoms with Gasteiger partial charge in [-0.2, -0.15) is 0 Å². The maximum atomic E-state index is 12.7. The maximum absolute atomic E-state index is 12.7. The van der Waals surface area contributed by atoms with Crippen molar-refractivity contribution in [2.75, 3.05) is 0 Å². The Balaban J connectivity index is 3.58. The minimum Gasteiger partial charge on any atom is -0.384 e. The SMILES string of the molecule is CCC(C)(O)C(=C=C(C)C)S(=O)(=O)c1ccc(C)cc1. The van der Waals surface area contributed by atoms with Crippen molar-refractivity contribution in [3.8, 4) is 0 Å². The molecule has 0 saturated carbocycles. The van der Waals surface area contributed by atoms with Gasteiger partial charge in [-0.25, -0.2) is 8.42 Å². The molecule has 0 spiro atoms. The number of hydrogen-bond donors (Lipinski definition) is 1. The Labute approximate surface area is 121 Å². The van der Waals surface area contributed by atoms with E-state index in [4.69, 9.17) is 0 Å². The highest BCUT2D eigenvalue weighted by molar-refractivity contribution is 7.95. The molecule has 0 aliphatic heterocycles. The van der Waals surface area contributed by atoms with E-state index in [1.165, 1.54) is 6.92 Å². The summed E-state index contributed by atoms with van der Waals surface area (Å²) < 4.78 is 25.4. The number of hydrogen-bond acceptors (Lipinski definition) is 3. The van der Waals surface area contributed by atoms with Crippen molar-refractivity contribution >= 4 is 9.84 Å². The molecule has 0 aromatic heterocycles. The van der Waals surface area contributed by atoms with Crippen LogP contribution in [0.3, 0.4) is 0 Å². The van der Waals surface area contributed by atoms with Crippen LogP contribution in [0.25, 0.3) is 0 Å². The molecule has 0 amide bonds. The predicted octanol–water partition coefficient (Wildman–Crippen LogP) is 3.38. The predicted molar refractivity (Wildman–Crippen MR) is 81.2 cm³/mol. The molecule has 110 valence electrons. The fraction of sp³-hybridized carbons (Fsp3) is 0.438. The summed E-state index contributed by atoms with van der Waals surface area (Å²) >= 11 is 0. The van der Waals surface area contributed by atoms with Gasteiger partial charge < -0.3 is 5.11 Å². The third kappa shape index (κ3) is 3.60. The molecular weight excluding hydrogens is 272 g/mol. The minimum atomic E-state index is -3.75. The summed E-state index contributed by atoms with van der Waals surface area (Å²) in [5.74, 6) is 0. The van der Waals surface area contributed by atoms with Crippen LogP contribution in [0.1, 0.15) is 39.7 Å². The first-order valence-corrected chi connectivity index (χ1v) is 8.08. The van der Waals surface area contributed by atoms with Crippen LogP contribution < -0.4 is 0 Å². The highest BCUT2D eigenvalue weighted by Gasteiger charge is 2.35. The molecule has 1 aromatic rings. The first kappa shape index (κ1) is 16.7. The van der Waals surface area contributed by atoms with E-state index in [9.17, 15) is 13.5 Å². The molecule has 3 nitrogen and oxygen atoms in total. The van der Waals surface area contributed by atoms with Gasteiger partial charge in [-0.1, -0.05) is 24.6 Å². The average molecular weight is 294 g/mol. The molecule has 1 N–H and O–H groups in total. The average Bonchev–Trinajstić information content (AvgIpc) is 2.36. The maximum Gasteiger partial charge on any atom is 0.212 e. The minimum absolute atomic E-state index is 0.0728. The van der Waals surface area contributed by atoms with E-state index in [0.717, 1.165) is 5.56 Å². The van der Waals surface area contributed by atoms with E-state index in [0.29, 0.717) is 12.0 Å². The van der Waals surface area contributed by atoms with Crippen LogP contribution in [0, 0.1) is 6.92 Å². The highest BCUT2D eigenvalue weighted by atomic mass is 32.2. The third-order valence-electron chi connectivity index (χ3n) is 3.14. The Bertz CT molecular complexity index is 639. The molecule has 1 aromatic carbocycles. The van der Waals surface area contributed by atoms with Crippen LogP contribution in [0.5, 0.6) is 0 Å². The number of aryl methyl sites for hydroxylation is 1. The Kier molecular flexibility index (Phi) is 4.98. The highest BCUT2D eigenvalue weighted by Crippen LogP contribution is 2.30. The molecule has 0 fully saturated rings. The molecular formula is C16H22O3S. The van der Waals surface area contributed by atoms with Crippen molar-refractivity contribution < 1.29 is 13.5 Å². The van der Waals surface area contributed by atoms with Crippen LogP contribution in [-0.2, 0) is 9.84 Å². The monoisotopic (exact) mass is 294 g/mol. The zero-order valence-electron chi connectivity index (χ0n) is 12.7. The molecule has 0 saturated heterocycles. The van der Waals surface area contributed by atoms with E-state index in [2.05, 4.69) is 5.73 Å². The first-order chi connectivity index (χ1) is 9.11. The molecule has 4 heteroatoms. The van der Waals surface area contributed by atoms with E-state index < -0.39 is 15.4 Å². The second kappa shape index (κ2) is 5.96. The van der Waals surface area contributed by atoms with Crippen molar-refractivity contribution in [1.82, 2.24) is 0 Å². The number of sulfone groups is 1. The summed E-state index contributed by atoms with van der Waals surface area (Å²) in [6.45, 7) is 8.67. The van der Waals surface area contributed by atoms with Crippen LogP contribution in [-0.4, -0.2) is 19.1 Å². The second-order valence-electron chi connectivity index (χ2n) is 5.40. The molecule has 0 aliphatic rings. The summed E-state index contributed by atoms with van der Waals surface area (Å²) in [7, 11) is -3.75. The Morgan fingerprint density at radius 2 is 1.75 bits per heavy atom. The van der Waals surface area contributed by atoms with Crippen LogP contribution >= 0.6 is 0 Å². The van der Waals surface area contributed by atoms with Crippen LogP contribution in [0.2, 0.25) is 0 Å². The summed E-state index contributed by atoms with van der Waals surface area (Å²) in [5.41, 5.74) is 3.09. The van der Waals surface area contributed by atoms with Gasteiger partial charge in [0.15, 0.2) is 0 Å². The lowest BCUT2D eigenvalue weighted by Gasteiger charge is -2.23. The quantitative estimate of drug-likeness (QED) is 0.866. The lowest BCUT2D eigenvalue weighted by molar-refractivity contribution is 0.102. The first-order valence-electron chi connectivity index (χ1n) is 6.60. The molecule has 1 atom stereocenters. The zero-order chi connectivity index (χ0) is 15.6. The molecule has 1 unspecified atom stereocenters. The third-order valence-corrected chi connectivity index (χ3v) is 5.11. The van der Waals surface area contributed by atoms with Gasteiger partial charge in [0.1, 0.15) is 10.5 Å². The molecule has 1 rings (SSSR count). The van der Waals surface area contributed by atoms with Crippen molar-refractivity contribution in [2.45, 2.75) is 51.5 Å². The Morgan fingerprint density at radius 3 is 2.15 bits per heavy atom. The summed E-state index contributed by atoms with van der Waals surface area (Å²) in [4.78, 5) is 0.108. The molecule has 20 heavy (non-hydrogen) atoms. The normalized spacial score (nSPS) is 14.3. The summed E-state index contributed by atoms with van der Waals surface area (Å²) in [6, 6.07) is 6.60. The van der Waals surface area contributed by atoms with Gasteiger partial charge >= 0.3 is 0 Å². The second-order valence-corrected chi connectivity index (χ2v) is 7.28. The van der Waals surface area contributed by atoms with Crippen LogP contribution in [0.4, 0.5) is 0 Å². The lowest BCUT2D eigenvalue weighted by Crippen LogP contribution is -2.30. The van der Waals surface area contributed by atoms with Crippen molar-refractivity contribution in [3.05, 3.63) is 46.0 Å². The Morgan fingerprint density at radius 1 is 1.25 bits per heavy atom. The molecule has 0 radical (unpaired) electrons. The van der Waals surface area contributed by atoms with Gasteiger partial charge in [0.05, 0.1) is 4.90 Å². The van der Waals surface area contributed by atoms with E-state index >= 15 is 0 Å². The van der Waals surface area contributed by atoms with E-state index in [-0.39, 0.29) is 9.80 Å². The largest absolute Gasteiger partial charge is 0.384 e.